The molecule has 0 N–H and O–H groups in total. The molecule has 0 spiro atoms. The average Bonchev–Trinajstić information content (AvgIpc) is 3.24. The lowest BCUT2D eigenvalue weighted by atomic mass is 10.1. The molecule has 0 aliphatic carbocycles. The van der Waals surface area contributed by atoms with Crippen LogP contribution in [0.15, 0.2) is 71.1 Å². The van der Waals surface area contributed by atoms with Gasteiger partial charge in [0.05, 0.1) is 12.7 Å². The number of ether oxygens (including phenoxy) is 1. The zero-order chi connectivity index (χ0) is 25.9. The number of piperazine rings is 1. The normalized spacial score (nSPS) is 15.3. The van der Waals surface area contributed by atoms with Crippen molar-refractivity contribution in [2.24, 2.45) is 0 Å². The molecule has 0 unspecified atom stereocenters. The topological polar surface area (TPSA) is 45.9 Å². The van der Waals surface area contributed by atoms with E-state index in [0.29, 0.717) is 49.1 Å². The second-order valence-electron chi connectivity index (χ2n) is 9.20. The van der Waals surface area contributed by atoms with Crippen LogP contribution in [-0.2, 0) is 11.3 Å². The second kappa shape index (κ2) is 11.0. The highest BCUT2D eigenvalue weighted by atomic mass is 35.5. The first-order valence-electron chi connectivity index (χ1n) is 12.2. The molecule has 1 aromatic heterocycles. The molecule has 4 aromatic rings. The smallest absolute Gasteiger partial charge is 0.289 e. The minimum atomic E-state index is -0.636. The number of hydrogen-bond acceptors (Lipinski definition) is 4. The number of rotatable bonds is 7. The van der Waals surface area contributed by atoms with E-state index in [4.69, 9.17) is 20.8 Å². The fourth-order valence-corrected chi connectivity index (χ4v) is 4.80. The number of benzene rings is 3. The maximum Gasteiger partial charge on any atom is 0.289 e. The van der Waals surface area contributed by atoms with Crippen LogP contribution < -0.4 is 0 Å². The summed E-state index contributed by atoms with van der Waals surface area (Å²) in [5, 5.41) is 1.54. The number of aryl methyl sites for hydroxylation is 1. The number of amides is 1. The van der Waals surface area contributed by atoms with Crippen LogP contribution in [0, 0.1) is 18.6 Å². The Bertz CT molecular complexity index is 1380. The van der Waals surface area contributed by atoms with Crippen LogP contribution in [0.3, 0.4) is 0 Å². The lowest BCUT2D eigenvalue weighted by molar-refractivity contribution is 0.00116. The molecule has 8 heteroatoms. The first kappa shape index (κ1) is 25.4. The largest absolute Gasteiger partial charge is 0.451 e. The van der Waals surface area contributed by atoms with E-state index in [1.807, 2.05) is 43.3 Å². The van der Waals surface area contributed by atoms with Gasteiger partial charge in [0.1, 0.15) is 17.2 Å². The van der Waals surface area contributed by atoms with E-state index in [9.17, 15) is 13.6 Å². The van der Waals surface area contributed by atoms with Gasteiger partial charge in [-0.25, -0.2) is 8.78 Å². The number of furan rings is 1. The number of nitrogens with zero attached hydrogens (tertiary/aromatic N) is 2. The van der Waals surface area contributed by atoms with Crippen LogP contribution in [0.1, 0.15) is 33.3 Å². The van der Waals surface area contributed by atoms with Crippen molar-refractivity contribution in [2.75, 3.05) is 32.7 Å². The number of carbonyl (C=O) groups excluding carboxylic acids is 1. The monoisotopic (exact) mass is 524 g/mol. The summed E-state index contributed by atoms with van der Waals surface area (Å²) >= 11 is 6.06. The molecule has 1 fully saturated rings. The molecule has 0 saturated carbocycles. The Kier molecular flexibility index (Phi) is 7.55. The Morgan fingerprint density at radius 1 is 0.973 bits per heavy atom. The third-order valence-corrected chi connectivity index (χ3v) is 7.11. The molecule has 1 atom stereocenters. The summed E-state index contributed by atoms with van der Waals surface area (Å²) in [6, 6.07) is 18.6. The maximum absolute atomic E-state index is 14.2. The molecule has 0 radical (unpaired) electrons. The zero-order valence-corrected chi connectivity index (χ0v) is 21.2. The number of carbonyl (C=O) groups is 1. The van der Waals surface area contributed by atoms with Gasteiger partial charge in [-0.2, -0.15) is 0 Å². The Labute approximate surface area is 219 Å². The minimum Gasteiger partial charge on any atom is -0.451 e. The SMILES string of the molecule is Cc1c(C(=O)N2CCN(C[C@@H](OCc3c(F)cccc3F)c3ccc(Cl)cc3)CC2)oc2ccccc12. The highest BCUT2D eigenvalue weighted by Gasteiger charge is 2.28. The van der Waals surface area contributed by atoms with Crippen molar-refractivity contribution in [3.63, 3.8) is 0 Å². The Morgan fingerprint density at radius 2 is 1.65 bits per heavy atom. The summed E-state index contributed by atoms with van der Waals surface area (Å²) in [5.41, 5.74) is 2.31. The summed E-state index contributed by atoms with van der Waals surface area (Å²) in [5.74, 6) is -1.01. The van der Waals surface area contributed by atoms with Crippen LogP contribution in [0.2, 0.25) is 5.02 Å². The van der Waals surface area contributed by atoms with Gasteiger partial charge in [0.2, 0.25) is 0 Å². The number of fused-ring (bicyclic) bond motifs is 1. The highest BCUT2D eigenvalue weighted by Crippen LogP contribution is 2.27. The highest BCUT2D eigenvalue weighted by molar-refractivity contribution is 6.30. The van der Waals surface area contributed by atoms with E-state index in [1.165, 1.54) is 18.2 Å². The van der Waals surface area contributed by atoms with E-state index in [2.05, 4.69) is 4.90 Å². The van der Waals surface area contributed by atoms with Gasteiger partial charge in [-0.05, 0) is 42.8 Å². The van der Waals surface area contributed by atoms with Crippen molar-refractivity contribution in [1.82, 2.24) is 9.80 Å². The van der Waals surface area contributed by atoms with Crippen molar-refractivity contribution in [3.8, 4) is 0 Å². The van der Waals surface area contributed by atoms with Gasteiger partial charge >= 0.3 is 0 Å². The summed E-state index contributed by atoms with van der Waals surface area (Å²) in [7, 11) is 0. The summed E-state index contributed by atoms with van der Waals surface area (Å²) in [4.78, 5) is 17.2. The van der Waals surface area contributed by atoms with Gasteiger partial charge < -0.3 is 14.1 Å². The van der Waals surface area contributed by atoms with Crippen molar-refractivity contribution < 1.29 is 22.7 Å². The molecule has 1 aliphatic rings. The predicted octanol–water partition coefficient (Wildman–Crippen LogP) is 6.39. The first-order valence-corrected chi connectivity index (χ1v) is 12.6. The molecular formula is C29H27ClF2N2O3. The Hall–Kier alpha value is -3.26. The van der Waals surface area contributed by atoms with Crippen LogP contribution in [0.5, 0.6) is 0 Å². The standard InChI is InChI=1S/C29H27ClF2N2O3/c1-19-22-5-2-3-8-26(22)37-28(19)29(35)34-15-13-33(14-16-34)17-27(20-9-11-21(30)12-10-20)36-18-23-24(31)6-4-7-25(23)32/h2-12,27H,13-18H2,1H3/t27-/m1/s1. The van der Waals surface area contributed by atoms with E-state index in [-0.39, 0.29) is 18.1 Å². The third kappa shape index (κ3) is 5.54. The van der Waals surface area contributed by atoms with Gasteiger partial charge in [-0.1, -0.05) is 48.0 Å². The number of halogens is 3. The van der Waals surface area contributed by atoms with Crippen LogP contribution in [0.25, 0.3) is 11.0 Å². The van der Waals surface area contributed by atoms with E-state index in [1.54, 1.807) is 17.0 Å². The van der Waals surface area contributed by atoms with Gasteiger partial charge in [0, 0.05) is 54.3 Å². The van der Waals surface area contributed by atoms with Crippen molar-refractivity contribution >= 4 is 28.5 Å². The molecule has 3 aromatic carbocycles. The lowest BCUT2D eigenvalue weighted by Gasteiger charge is -2.36. The Balaban J connectivity index is 1.25. The van der Waals surface area contributed by atoms with Gasteiger partial charge in [0.15, 0.2) is 5.76 Å². The molecule has 37 heavy (non-hydrogen) atoms. The fourth-order valence-electron chi connectivity index (χ4n) is 4.68. The number of para-hydroxylation sites is 1. The van der Waals surface area contributed by atoms with Crippen molar-refractivity contribution in [1.29, 1.82) is 0 Å². The van der Waals surface area contributed by atoms with Crippen LogP contribution >= 0.6 is 11.6 Å². The van der Waals surface area contributed by atoms with Crippen molar-refractivity contribution in [2.45, 2.75) is 19.6 Å². The molecule has 1 aliphatic heterocycles. The first-order chi connectivity index (χ1) is 17.9. The zero-order valence-electron chi connectivity index (χ0n) is 20.4. The molecule has 1 amide bonds. The molecule has 1 saturated heterocycles. The predicted molar refractivity (Wildman–Crippen MR) is 139 cm³/mol. The molecular weight excluding hydrogens is 498 g/mol. The minimum absolute atomic E-state index is 0.0990. The lowest BCUT2D eigenvalue weighted by Crippen LogP contribution is -2.49. The Morgan fingerprint density at radius 3 is 2.32 bits per heavy atom. The van der Waals surface area contributed by atoms with E-state index < -0.39 is 17.7 Å². The van der Waals surface area contributed by atoms with Crippen LogP contribution in [0.4, 0.5) is 8.78 Å². The third-order valence-electron chi connectivity index (χ3n) is 6.85. The van der Waals surface area contributed by atoms with Gasteiger partial charge in [-0.3, -0.25) is 9.69 Å². The molecule has 2 heterocycles. The molecule has 5 rings (SSSR count). The van der Waals surface area contributed by atoms with Gasteiger partial charge in [-0.15, -0.1) is 0 Å². The summed E-state index contributed by atoms with van der Waals surface area (Å²) in [6.45, 7) is 4.54. The average molecular weight is 525 g/mol. The van der Waals surface area contributed by atoms with Crippen LogP contribution in [-0.4, -0.2) is 48.4 Å². The van der Waals surface area contributed by atoms with E-state index in [0.717, 1.165) is 16.5 Å². The summed E-state index contributed by atoms with van der Waals surface area (Å²) < 4.78 is 40.3. The van der Waals surface area contributed by atoms with Crippen molar-refractivity contribution in [3.05, 3.63) is 106 Å². The molecule has 0 bridgehead atoms. The quantitative estimate of drug-likeness (QED) is 0.281. The second-order valence-corrected chi connectivity index (χ2v) is 9.63. The fraction of sp³-hybridized carbons (Fsp3) is 0.276. The molecule has 5 nitrogen and oxygen atoms in total. The van der Waals surface area contributed by atoms with E-state index >= 15 is 0 Å². The number of hydrogen-bond donors (Lipinski definition) is 0. The molecule has 192 valence electrons. The van der Waals surface area contributed by atoms with Gasteiger partial charge in [0.25, 0.3) is 5.91 Å². The maximum atomic E-state index is 14.2. The summed E-state index contributed by atoms with van der Waals surface area (Å²) in [6.07, 6.45) is -0.434.